The number of nitrogens with zero attached hydrogens (tertiary/aromatic N) is 1. The third-order valence-corrected chi connectivity index (χ3v) is 0.926. The highest BCUT2D eigenvalue weighted by atomic mass is 14.7. The van der Waals surface area contributed by atoms with Crippen molar-refractivity contribution in [1.29, 1.82) is 0 Å². The molecule has 1 heterocycles. The number of hydrogen-bond donors (Lipinski definition) is 1. The van der Waals surface area contributed by atoms with E-state index in [4.69, 9.17) is 14.0 Å². The van der Waals surface area contributed by atoms with Crippen LogP contribution in [-0.4, -0.2) is 4.98 Å². The molecule has 2 N–H and O–H groups in total. The Labute approximate surface area is 63.2 Å². The van der Waals surface area contributed by atoms with E-state index in [1.165, 1.54) is 12.1 Å². The van der Waals surface area contributed by atoms with Crippen molar-refractivity contribution < 1.29 is 8.22 Å². The second-order valence-corrected chi connectivity index (χ2v) is 1.63. The van der Waals surface area contributed by atoms with Gasteiger partial charge in [-0.1, -0.05) is 0 Å². The number of nitrogens with two attached hydrogens (primary N) is 1. The van der Waals surface area contributed by atoms with E-state index in [9.17, 15) is 0 Å². The number of anilines is 1. The molecule has 1 aromatic rings. The van der Waals surface area contributed by atoms with Crippen LogP contribution in [0.5, 0.6) is 0 Å². The smallest absolute Gasteiger partial charge is 0.0604 e. The molecule has 48 valence electrons. The van der Waals surface area contributed by atoms with E-state index in [0.717, 1.165) is 0 Å². The molecule has 0 aliphatic heterocycles. The lowest BCUT2D eigenvalue weighted by atomic mass is 10.3. The van der Waals surface area contributed by atoms with Crippen LogP contribution in [0.25, 0.3) is 0 Å². The minimum atomic E-state index is -2.49. The zero-order valence-electron chi connectivity index (χ0n) is 10.7. The van der Waals surface area contributed by atoms with Gasteiger partial charge in [-0.05, 0) is 25.8 Å². The molecule has 0 aromatic carbocycles. The van der Waals surface area contributed by atoms with E-state index < -0.39 is 13.7 Å². The topological polar surface area (TPSA) is 38.9 Å². The lowest BCUT2D eigenvalue weighted by Gasteiger charge is -1.97. The minimum Gasteiger partial charge on any atom is -0.397 e. The molecule has 0 amide bonds. The standard InChI is InChI=1S/C7H10N2/c1-5-3-4-7(8)6(2)9-5/h3-4H,8H2,1-2H3/i1D3,2D3. The Morgan fingerprint density at radius 1 is 1.56 bits per heavy atom. The summed E-state index contributed by atoms with van der Waals surface area (Å²) in [4.78, 5) is 3.56. The first-order valence-corrected chi connectivity index (χ1v) is 2.40. The summed E-state index contributed by atoms with van der Waals surface area (Å²) in [7, 11) is 0. The van der Waals surface area contributed by atoms with Crippen molar-refractivity contribution in [2.75, 3.05) is 5.73 Å². The van der Waals surface area contributed by atoms with E-state index in [2.05, 4.69) is 4.98 Å². The van der Waals surface area contributed by atoms with Gasteiger partial charge in [0.25, 0.3) is 0 Å². The number of aromatic nitrogens is 1. The van der Waals surface area contributed by atoms with Crippen LogP contribution < -0.4 is 5.73 Å². The first-order chi connectivity index (χ1) is 6.62. The van der Waals surface area contributed by atoms with Crippen LogP contribution in [0, 0.1) is 13.7 Å². The molecule has 0 spiro atoms. The molecule has 0 aliphatic carbocycles. The van der Waals surface area contributed by atoms with Gasteiger partial charge in [-0.2, -0.15) is 0 Å². The SMILES string of the molecule is [2H]C([2H])([2H])c1ccc(N)c(C([2H])([2H])[2H])n1. The van der Waals surface area contributed by atoms with Crippen molar-refractivity contribution in [1.82, 2.24) is 4.98 Å². The molecule has 0 bridgehead atoms. The average Bonchev–Trinajstić information content (AvgIpc) is 2.00. The van der Waals surface area contributed by atoms with Gasteiger partial charge in [0.1, 0.15) is 0 Å². The summed E-state index contributed by atoms with van der Waals surface area (Å²) in [6.45, 7) is -4.92. The first-order valence-electron chi connectivity index (χ1n) is 5.40. The molecule has 0 unspecified atom stereocenters. The fraction of sp³-hybridized carbons (Fsp3) is 0.286. The monoisotopic (exact) mass is 128 g/mol. The van der Waals surface area contributed by atoms with Crippen molar-refractivity contribution in [3.05, 3.63) is 23.5 Å². The first kappa shape index (κ1) is 1.97. The summed E-state index contributed by atoms with van der Waals surface area (Å²) in [5.41, 5.74) is 4.76. The third-order valence-electron chi connectivity index (χ3n) is 0.926. The molecular formula is C7H10N2. The lowest BCUT2D eigenvalue weighted by Crippen LogP contribution is -1.93. The van der Waals surface area contributed by atoms with Crippen molar-refractivity contribution in [3.8, 4) is 0 Å². The molecule has 0 radical (unpaired) electrons. The molecule has 1 aromatic heterocycles. The van der Waals surface area contributed by atoms with Crippen LogP contribution in [0.15, 0.2) is 12.1 Å². The van der Waals surface area contributed by atoms with Gasteiger partial charge in [-0.3, -0.25) is 4.98 Å². The Balaban J connectivity index is 3.30. The van der Waals surface area contributed by atoms with Crippen molar-refractivity contribution >= 4 is 5.69 Å². The summed E-state index contributed by atoms with van der Waals surface area (Å²) in [5.74, 6) is 0. The third kappa shape index (κ3) is 1.19. The number of rotatable bonds is 0. The number of pyridine rings is 1. The van der Waals surface area contributed by atoms with Gasteiger partial charge in [-0.15, -0.1) is 0 Å². The highest BCUT2D eigenvalue weighted by molar-refractivity contribution is 5.41. The molecule has 2 heteroatoms. The van der Waals surface area contributed by atoms with Gasteiger partial charge < -0.3 is 5.73 Å². The summed E-state index contributed by atoms with van der Waals surface area (Å²) in [6, 6.07) is 2.45. The van der Waals surface area contributed by atoms with E-state index in [1.54, 1.807) is 0 Å². The van der Waals surface area contributed by atoms with Gasteiger partial charge in [0.05, 0.1) is 11.4 Å². The second-order valence-electron chi connectivity index (χ2n) is 1.63. The molecule has 2 nitrogen and oxygen atoms in total. The van der Waals surface area contributed by atoms with Crippen LogP contribution in [0.2, 0.25) is 0 Å². The molecule has 1 rings (SSSR count). The van der Waals surface area contributed by atoms with Crippen LogP contribution in [-0.2, 0) is 0 Å². The minimum absolute atomic E-state index is 0.0250. The Bertz CT molecular complexity index is 367. The van der Waals surface area contributed by atoms with Gasteiger partial charge in [0.15, 0.2) is 0 Å². The molecule has 0 atom stereocenters. The quantitative estimate of drug-likeness (QED) is 0.571. The largest absolute Gasteiger partial charge is 0.397 e. The predicted molar refractivity (Wildman–Crippen MR) is 38.1 cm³/mol. The Morgan fingerprint density at radius 2 is 2.44 bits per heavy atom. The number of nitrogen functional groups attached to an aromatic ring is 1. The fourth-order valence-corrected chi connectivity index (χ4v) is 0.470. The average molecular weight is 128 g/mol. The van der Waals surface area contributed by atoms with Crippen molar-refractivity contribution in [3.63, 3.8) is 0 Å². The van der Waals surface area contributed by atoms with Crippen LogP contribution in [0.4, 0.5) is 5.69 Å². The number of aryl methyl sites for hydroxylation is 2. The summed E-state index contributed by atoms with van der Waals surface area (Å²) in [6.07, 6.45) is 0. The molecule has 0 aliphatic rings. The maximum absolute atomic E-state index is 7.12. The van der Waals surface area contributed by atoms with Gasteiger partial charge in [0, 0.05) is 13.9 Å². The summed E-state index contributed by atoms with van der Waals surface area (Å²) in [5, 5.41) is 0. The molecule has 0 saturated carbocycles. The van der Waals surface area contributed by atoms with E-state index in [0.29, 0.717) is 0 Å². The maximum Gasteiger partial charge on any atom is 0.0604 e. The normalized spacial score (nSPS) is 22.2. The molecule has 9 heavy (non-hydrogen) atoms. The van der Waals surface area contributed by atoms with Crippen molar-refractivity contribution in [2.24, 2.45) is 0 Å². The van der Waals surface area contributed by atoms with E-state index >= 15 is 0 Å². The van der Waals surface area contributed by atoms with Crippen LogP contribution in [0.1, 0.15) is 19.6 Å². The summed E-state index contributed by atoms with van der Waals surface area (Å²) >= 11 is 0. The molecule has 0 fully saturated rings. The van der Waals surface area contributed by atoms with Crippen molar-refractivity contribution in [2.45, 2.75) is 13.7 Å². The second kappa shape index (κ2) is 2.05. The fourth-order valence-electron chi connectivity index (χ4n) is 0.470. The van der Waals surface area contributed by atoms with Gasteiger partial charge in [-0.25, -0.2) is 0 Å². The molecule has 0 saturated heterocycles. The van der Waals surface area contributed by atoms with Gasteiger partial charge >= 0.3 is 0 Å². The van der Waals surface area contributed by atoms with Crippen LogP contribution in [0.3, 0.4) is 0 Å². The summed E-state index contributed by atoms with van der Waals surface area (Å²) < 4.78 is 42.6. The Kier molecular flexibility index (Phi) is 0.450. The Hall–Kier alpha value is -1.05. The van der Waals surface area contributed by atoms with Crippen LogP contribution >= 0.6 is 0 Å². The van der Waals surface area contributed by atoms with E-state index in [1.807, 2.05) is 0 Å². The van der Waals surface area contributed by atoms with E-state index in [-0.39, 0.29) is 17.1 Å². The molecular weight excluding hydrogens is 112 g/mol. The predicted octanol–water partition coefficient (Wildman–Crippen LogP) is 1.28. The highest BCUT2D eigenvalue weighted by Gasteiger charge is 1.91. The maximum atomic E-state index is 7.12. The lowest BCUT2D eigenvalue weighted by molar-refractivity contribution is 1.13. The number of hydrogen-bond acceptors (Lipinski definition) is 2. The Morgan fingerprint density at radius 3 is 3.11 bits per heavy atom. The van der Waals surface area contributed by atoms with Gasteiger partial charge in [0.2, 0.25) is 0 Å². The highest BCUT2D eigenvalue weighted by Crippen LogP contribution is 2.06. The zero-order valence-corrected chi connectivity index (χ0v) is 4.68. The zero-order chi connectivity index (χ0) is 11.9.